The molecular weight excluding hydrogens is 308 g/mol. The van der Waals surface area contributed by atoms with Crippen LogP contribution in [0.2, 0.25) is 0 Å². The zero-order chi connectivity index (χ0) is 13.8. The standard InChI is InChI=1S/C13H15BrN4O/c1-8-6-9(4-5-10(8)14)18-13-11(19-3)12(15-2)16-7-17-13/h4-7H,1-3H3,(H2,15,16,17,18). The van der Waals surface area contributed by atoms with E-state index in [2.05, 4.69) is 36.5 Å². The Morgan fingerprint density at radius 1 is 1.21 bits per heavy atom. The molecule has 6 heteroatoms. The summed E-state index contributed by atoms with van der Waals surface area (Å²) >= 11 is 3.48. The number of aryl methyl sites for hydroxylation is 1. The molecule has 0 aliphatic heterocycles. The van der Waals surface area contributed by atoms with Crippen molar-refractivity contribution in [1.82, 2.24) is 9.97 Å². The van der Waals surface area contributed by atoms with Crippen LogP contribution in [-0.4, -0.2) is 24.1 Å². The van der Waals surface area contributed by atoms with Crippen molar-refractivity contribution in [2.24, 2.45) is 0 Å². The third-order valence-corrected chi connectivity index (χ3v) is 3.56. The van der Waals surface area contributed by atoms with E-state index in [1.54, 1.807) is 14.2 Å². The summed E-state index contributed by atoms with van der Waals surface area (Å²) in [4.78, 5) is 8.31. The lowest BCUT2D eigenvalue weighted by molar-refractivity contribution is 0.415. The Bertz CT molecular complexity index is 589. The summed E-state index contributed by atoms with van der Waals surface area (Å²) in [6, 6.07) is 5.99. The van der Waals surface area contributed by atoms with Crippen molar-refractivity contribution in [3.63, 3.8) is 0 Å². The quantitative estimate of drug-likeness (QED) is 0.904. The Hall–Kier alpha value is -1.82. The van der Waals surface area contributed by atoms with Crippen molar-refractivity contribution in [3.05, 3.63) is 34.6 Å². The number of hydrogen-bond acceptors (Lipinski definition) is 5. The van der Waals surface area contributed by atoms with Crippen molar-refractivity contribution < 1.29 is 4.74 Å². The number of hydrogen-bond donors (Lipinski definition) is 2. The summed E-state index contributed by atoms with van der Waals surface area (Å²) in [5.74, 6) is 1.86. The summed E-state index contributed by atoms with van der Waals surface area (Å²) in [7, 11) is 3.38. The summed E-state index contributed by atoms with van der Waals surface area (Å²) in [6.45, 7) is 2.03. The van der Waals surface area contributed by atoms with Crippen molar-refractivity contribution in [1.29, 1.82) is 0 Å². The van der Waals surface area contributed by atoms with E-state index in [1.165, 1.54) is 6.33 Å². The lowest BCUT2D eigenvalue weighted by Gasteiger charge is -2.13. The molecule has 0 amide bonds. The number of nitrogens with zero attached hydrogens (tertiary/aromatic N) is 2. The van der Waals surface area contributed by atoms with Gasteiger partial charge in [0.25, 0.3) is 0 Å². The van der Waals surface area contributed by atoms with E-state index in [4.69, 9.17) is 4.74 Å². The lowest BCUT2D eigenvalue weighted by atomic mass is 10.2. The van der Waals surface area contributed by atoms with Crippen LogP contribution >= 0.6 is 15.9 Å². The first-order valence-electron chi connectivity index (χ1n) is 5.75. The molecule has 2 aromatic rings. The lowest BCUT2D eigenvalue weighted by Crippen LogP contribution is -2.03. The number of benzene rings is 1. The number of rotatable bonds is 4. The van der Waals surface area contributed by atoms with Gasteiger partial charge in [0.2, 0.25) is 5.75 Å². The maximum atomic E-state index is 5.33. The van der Waals surface area contributed by atoms with Gasteiger partial charge in [0.15, 0.2) is 11.6 Å². The fraction of sp³-hybridized carbons (Fsp3) is 0.231. The highest BCUT2D eigenvalue weighted by atomic mass is 79.9. The highest BCUT2D eigenvalue weighted by Gasteiger charge is 2.11. The Morgan fingerprint density at radius 3 is 2.58 bits per heavy atom. The van der Waals surface area contributed by atoms with Gasteiger partial charge in [0, 0.05) is 17.2 Å². The normalized spacial score (nSPS) is 10.1. The van der Waals surface area contributed by atoms with Gasteiger partial charge in [-0.2, -0.15) is 0 Å². The second-order valence-corrected chi connectivity index (χ2v) is 4.80. The molecule has 100 valence electrons. The first kappa shape index (κ1) is 13.6. The van der Waals surface area contributed by atoms with Crippen LogP contribution in [0.25, 0.3) is 0 Å². The molecule has 19 heavy (non-hydrogen) atoms. The highest BCUT2D eigenvalue weighted by Crippen LogP contribution is 2.31. The first-order chi connectivity index (χ1) is 9.15. The molecule has 1 aromatic heterocycles. The number of aromatic nitrogens is 2. The monoisotopic (exact) mass is 322 g/mol. The maximum absolute atomic E-state index is 5.33. The summed E-state index contributed by atoms with van der Waals surface area (Å²) in [5, 5.41) is 6.20. The topological polar surface area (TPSA) is 59.1 Å². The van der Waals surface area contributed by atoms with Crippen molar-refractivity contribution in [2.75, 3.05) is 24.8 Å². The largest absolute Gasteiger partial charge is 0.490 e. The van der Waals surface area contributed by atoms with Crippen LogP contribution in [-0.2, 0) is 0 Å². The minimum Gasteiger partial charge on any atom is -0.490 e. The Morgan fingerprint density at radius 2 is 1.95 bits per heavy atom. The van der Waals surface area contributed by atoms with E-state index >= 15 is 0 Å². The maximum Gasteiger partial charge on any atom is 0.204 e. The number of methoxy groups -OCH3 is 1. The zero-order valence-corrected chi connectivity index (χ0v) is 12.6. The zero-order valence-electron chi connectivity index (χ0n) is 11.0. The summed E-state index contributed by atoms with van der Waals surface area (Å²) in [5.41, 5.74) is 2.09. The molecule has 0 fully saturated rings. The SMILES string of the molecule is CNc1ncnc(Nc2ccc(Br)c(C)c2)c1OC. The van der Waals surface area contributed by atoms with Crippen LogP contribution in [0, 0.1) is 6.92 Å². The molecule has 2 rings (SSSR count). The van der Waals surface area contributed by atoms with Gasteiger partial charge in [-0.25, -0.2) is 9.97 Å². The van der Waals surface area contributed by atoms with E-state index in [0.29, 0.717) is 17.4 Å². The van der Waals surface area contributed by atoms with Crippen LogP contribution in [0.4, 0.5) is 17.3 Å². The molecule has 0 atom stereocenters. The summed E-state index contributed by atoms with van der Waals surface area (Å²) in [6.07, 6.45) is 1.49. The third kappa shape index (κ3) is 2.96. The van der Waals surface area contributed by atoms with E-state index in [9.17, 15) is 0 Å². The first-order valence-corrected chi connectivity index (χ1v) is 6.55. The Balaban J connectivity index is 2.35. The van der Waals surface area contributed by atoms with Crippen LogP contribution in [0.3, 0.4) is 0 Å². The van der Waals surface area contributed by atoms with Crippen LogP contribution in [0.5, 0.6) is 5.75 Å². The summed E-state index contributed by atoms with van der Waals surface area (Å²) < 4.78 is 6.41. The number of halogens is 1. The molecule has 5 nitrogen and oxygen atoms in total. The molecule has 0 bridgehead atoms. The predicted molar refractivity (Wildman–Crippen MR) is 80.3 cm³/mol. The van der Waals surface area contributed by atoms with E-state index in [0.717, 1.165) is 15.7 Å². The molecule has 1 aromatic carbocycles. The van der Waals surface area contributed by atoms with E-state index < -0.39 is 0 Å². The molecule has 0 unspecified atom stereocenters. The molecule has 0 aliphatic rings. The van der Waals surface area contributed by atoms with Crippen molar-refractivity contribution in [3.8, 4) is 5.75 Å². The second kappa shape index (κ2) is 5.88. The molecule has 0 saturated carbocycles. The molecule has 0 aliphatic carbocycles. The van der Waals surface area contributed by atoms with Crippen LogP contribution in [0.1, 0.15) is 5.56 Å². The second-order valence-electron chi connectivity index (χ2n) is 3.94. The minimum atomic E-state index is 0.588. The number of nitrogens with one attached hydrogen (secondary N) is 2. The fourth-order valence-electron chi connectivity index (χ4n) is 1.69. The third-order valence-electron chi connectivity index (χ3n) is 2.67. The van der Waals surface area contributed by atoms with Gasteiger partial charge in [0.05, 0.1) is 7.11 Å². The van der Waals surface area contributed by atoms with Crippen LogP contribution < -0.4 is 15.4 Å². The molecule has 1 heterocycles. The average molecular weight is 323 g/mol. The molecule has 0 saturated heterocycles. The van der Waals surface area contributed by atoms with Crippen molar-refractivity contribution in [2.45, 2.75) is 6.92 Å². The number of anilines is 3. The molecule has 0 spiro atoms. The predicted octanol–water partition coefficient (Wildman–Crippen LogP) is 3.34. The Labute approximate surface area is 120 Å². The average Bonchev–Trinajstić information content (AvgIpc) is 2.42. The van der Waals surface area contributed by atoms with Gasteiger partial charge in [-0.15, -0.1) is 0 Å². The van der Waals surface area contributed by atoms with Gasteiger partial charge in [-0.1, -0.05) is 15.9 Å². The van der Waals surface area contributed by atoms with Crippen molar-refractivity contribution >= 4 is 33.3 Å². The smallest absolute Gasteiger partial charge is 0.204 e. The number of ether oxygens (including phenoxy) is 1. The van der Waals surface area contributed by atoms with Crippen LogP contribution in [0.15, 0.2) is 29.0 Å². The van der Waals surface area contributed by atoms with Gasteiger partial charge in [-0.3, -0.25) is 0 Å². The van der Waals surface area contributed by atoms with E-state index in [1.807, 2.05) is 25.1 Å². The fourth-order valence-corrected chi connectivity index (χ4v) is 1.94. The van der Waals surface area contributed by atoms with Gasteiger partial charge >= 0.3 is 0 Å². The highest BCUT2D eigenvalue weighted by molar-refractivity contribution is 9.10. The van der Waals surface area contributed by atoms with Gasteiger partial charge in [0.1, 0.15) is 6.33 Å². The molecule has 2 N–H and O–H groups in total. The minimum absolute atomic E-state index is 0.588. The van der Waals surface area contributed by atoms with Gasteiger partial charge < -0.3 is 15.4 Å². The molecule has 0 radical (unpaired) electrons. The molecular formula is C13H15BrN4O. The van der Waals surface area contributed by atoms with E-state index in [-0.39, 0.29) is 0 Å². The Kier molecular flexibility index (Phi) is 4.21. The van der Waals surface area contributed by atoms with Gasteiger partial charge in [-0.05, 0) is 30.7 Å².